The van der Waals surface area contributed by atoms with Crippen molar-refractivity contribution in [3.05, 3.63) is 71.4 Å². The average molecular weight is 460 g/mol. The summed E-state index contributed by atoms with van der Waals surface area (Å²) < 4.78 is 17.9. The van der Waals surface area contributed by atoms with Gasteiger partial charge in [-0.25, -0.2) is 0 Å². The van der Waals surface area contributed by atoms with Gasteiger partial charge in [-0.15, -0.1) is 0 Å². The van der Waals surface area contributed by atoms with Gasteiger partial charge in [0.05, 0.1) is 7.11 Å². The van der Waals surface area contributed by atoms with Crippen LogP contribution >= 0.6 is 11.3 Å². The molecule has 0 amide bonds. The van der Waals surface area contributed by atoms with Crippen molar-refractivity contribution in [3.63, 3.8) is 0 Å². The molecule has 1 saturated heterocycles. The lowest BCUT2D eigenvalue weighted by Gasteiger charge is -2.26. The molecule has 0 aliphatic carbocycles. The molecule has 0 N–H and O–H groups in total. The monoisotopic (exact) mass is 459 g/mol. The zero-order valence-electron chi connectivity index (χ0n) is 19.0. The highest BCUT2D eigenvalue weighted by atomic mass is 32.1. The van der Waals surface area contributed by atoms with Gasteiger partial charge in [0.1, 0.15) is 29.6 Å². The van der Waals surface area contributed by atoms with Gasteiger partial charge in [-0.05, 0) is 102 Å². The molecule has 1 aliphatic rings. The van der Waals surface area contributed by atoms with E-state index in [-0.39, 0.29) is 0 Å². The van der Waals surface area contributed by atoms with Crippen LogP contribution in [0.4, 0.5) is 0 Å². The zero-order valence-corrected chi connectivity index (χ0v) is 19.8. The van der Waals surface area contributed by atoms with Crippen LogP contribution in [0, 0.1) is 0 Å². The van der Waals surface area contributed by atoms with Gasteiger partial charge in [0.15, 0.2) is 0 Å². The van der Waals surface area contributed by atoms with Crippen LogP contribution in [-0.4, -0.2) is 38.3 Å². The Morgan fingerprint density at radius 1 is 0.848 bits per heavy atom. The maximum Gasteiger partial charge on any atom is 0.143 e. The van der Waals surface area contributed by atoms with Crippen molar-refractivity contribution in [3.8, 4) is 34.1 Å². The first-order chi connectivity index (χ1) is 16.3. The minimum Gasteiger partial charge on any atom is -0.497 e. The third-order valence-corrected chi connectivity index (χ3v) is 6.86. The normalized spacial score (nSPS) is 14.3. The second-order valence-corrected chi connectivity index (χ2v) is 9.15. The summed E-state index contributed by atoms with van der Waals surface area (Å²) in [6, 6.07) is 20.4. The van der Waals surface area contributed by atoms with E-state index in [0.29, 0.717) is 6.61 Å². The summed E-state index contributed by atoms with van der Waals surface area (Å²) in [5.74, 6) is 3.35. The number of methoxy groups -OCH3 is 1. The summed E-state index contributed by atoms with van der Waals surface area (Å²) in [5.41, 5.74) is 2.24. The quantitative estimate of drug-likeness (QED) is 0.278. The first-order valence-electron chi connectivity index (χ1n) is 11.6. The van der Waals surface area contributed by atoms with Crippen molar-refractivity contribution < 1.29 is 14.2 Å². The van der Waals surface area contributed by atoms with E-state index in [1.807, 2.05) is 36.4 Å². The fourth-order valence-corrected chi connectivity index (χ4v) is 5.01. The average Bonchev–Trinajstić information content (AvgIpc) is 3.40. The van der Waals surface area contributed by atoms with Crippen LogP contribution in [0.1, 0.15) is 19.3 Å². The van der Waals surface area contributed by atoms with E-state index in [9.17, 15) is 0 Å². The smallest absolute Gasteiger partial charge is 0.143 e. The number of rotatable bonds is 8. The van der Waals surface area contributed by atoms with E-state index >= 15 is 0 Å². The number of fused-ring (bicyclic) bond motifs is 1. The van der Waals surface area contributed by atoms with E-state index in [4.69, 9.17) is 14.2 Å². The summed E-state index contributed by atoms with van der Waals surface area (Å²) in [7, 11) is 1.69. The van der Waals surface area contributed by atoms with Gasteiger partial charge < -0.3 is 14.2 Å². The predicted octanol–water partition coefficient (Wildman–Crippen LogP) is 7.23. The highest BCUT2D eigenvalue weighted by Crippen LogP contribution is 2.41. The first kappa shape index (κ1) is 21.8. The molecule has 2 heterocycles. The third kappa shape index (κ3) is 5.15. The zero-order chi connectivity index (χ0) is 22.5. The van der Waals surface area contributed by atoms with Crippen LogP contribution in [0.3, 0.4) is 0 Å². The molecule has 1 fully saturated rings. The number of thiophene rings is 1. The SMILES string of the molecule is COc1ccc2c(Oc3ccc(OCCN4CCCCC4)cc3)c(-c3ccsc3)ccc2c1. The highest BCUT2D eigenvalue weighted by molar-refractivity contribution is 7.08. The van der Waals surface area contributed by atoms with Gasteiger partial charge in [-0.1, -0.05) is 12.5 Å². The summed E-state index contributed by atoms with van der Waals surface area (Å²) in [6.07, 6.45) is 3.97. The van der Waals surface area contributed by atoms with Gasteiger partial charge in [0.25, 0.3) is 0 Å². The lowest BCUT2D eigenvalue weighted by Crippen LogP contribution is -2.33. The van der Waals surface area contributed by atoms with E-state index < -0.39 is 0 Å². The van der Waals surface area contributed by atoms with Crippen molar-refractivity contribution in [2.45, 2.75) is 19.3 Å². The minimum absolute atomic E-state index is 0.716. The standard InChI is InChI=1S/C28H29NO3S/c1-30-25-10-12-26-21(19-25)5-11-27(22-13-18-33-20-22)28(26)32-24-8-6-23(7-9-24)31-17-16-29-14-3-2-4-15-29/h5-13,18-20H,2-4,14-17H2,1H3. The molecule has 0 spiro atoms. The van der Waals surface area contributed by atoms with Gasteiger partial charge in [-0.3, -0.25) is 4.90 Å². The van der Waals surface area contributed by atoms with Gasteiger partial charge in [0, 0.05) is 17.5 Å². The van der Waals surface area contributed by atoms with Gasteiger partial charge in [0.2, 0.25) is 0 Å². The number of hydrogen-bond acceptors (Lipinski definition) is 5. The van der Waals surface area contributed by atoms with E-state index in [0.717, 1.165) is 51.4 Å². The second kappa shape index (κ2) is 10.3. The minimum atomic E-state index is 0.716. The maximum absolute atomic E-state index is 6.47. The summed E-state index contributed by atoms with van der Waals surface area (Å²) in [4.78, 5) is 2.49. The highest BCUT2D eigenvalue weighted by Gasteiger charge is 2.14. The molecule has 4 nitrogen and oxygen atoms in total. The number of benzene rings is 3. The Balaban J connectivity index is 1.35. The fraction of sp³-hybridized carbons (Fsp3) is 0.286. The molecular weight excluding hydrogens is 430 g/mol. The Labute approximate surface area is 199 Å². The van der Waals surface area contributed by atoms with E-state index in [1.165, 1.54) is 32.4 Å². The van der Waals surface area contributed by atoms with Crippen LogP contribution in [0.5, 0.6) is 23.0 Å². The molecule has 5 heteroatoms. The molecule has 0 unspecified atom stereocenters. The lowest BCUT2D eigenvalue weighted by molar-refractivity contribution is 0.183. The third-order valence-electron chi connectivity index (χ3n) is 6.18. The van der Waals surface area contributed by atoms with Crippen LogP contribution in [-0.2, 0) is 0 Å². The van der Waals surface area contributed by atoms with Crippen LogP contribution in [0.25, 0.3) is 21.9 Å². The van der Waals surface area contributed by atoms with E-state index in [1.54, 1.807) is 18.4 Å². The van der Waals surface area contributed by atoms with Crippen molar-refractivity contribution in [2.24, 2.45) is 0 Å². The first-order valence-corrected chi connectivity index (χ1v) is 12.5. The number of piperidine rings is 1. The molecule has 1 aliphatic heterocycles. The van der Waals surface area contributed by atoms with Crippen molar-refractivity contribution in [1.29, 1.82) is 0 Å². The topological polar surface area (TPSA) is 30.9 Å². The van der Waals surface area contributed by atoms with Crippen LogP contribution in [0.2, 0.25) is 0 Å². The second-order valence-electron chi connectivity index (χ2n) is 8.37. The Morgan fingerprint density at radius 2 is 1.64 bits per heavy atom. The number of hydrogen-bond donors (Lipinski definition) is 0. The van der Waals surface area contributed by atoms with Crippen molar-refractivity contribution in [1.82, 2.24) is 4.90 Å². The summed E-state index contributed by atoms with van der Waals surface area (Å²) >= 11 is 1.69. The molecule has 33 heavy (non-hydrogen) atoms. The molecule has 0 saturated carbocycles. The Bertz CT molecular complexity index is 1180. The fourth-order valence-electron chi connectivity index (χ4n) is 4.36. The van der Waals surface area contributed by atoms with E-state index in [2.05, 4.69) is 39.9 Å². The summed E-state index contributed by atoms with van der Waals surface area (Å²) in [6.45, 7) is 4.09. The molecule has 1 aromatic heterocycles. The maximum atomic E-state index is 6.47. The van der Waals surface area contributed by atoms with Crippen LogP contribution in [0.15, 0.2) is 71.4 Å². The molecule has 170 valence electrons. The molecule has 0 atom stereocenters. The van der Waals surface area contributed by atoms with Gasteiger partial charge in [-0.2, -0.15) is 11.3 Å². The molecule has 4 aromatic rings. The van der Waals surface area contributed by atoms with Crippen molar-refractivity contribution in [2.75, 3.05) is 33.4 Å². The predicted molar refractivity (Wildman–Crippen MR) is 136 cm³/mol. The van der Waals surface area contributed by atoms with Crippen molar-refractivity contribution >= 4 is 22.1 Å². The lowest BCUT2D eigenvalue weighted by atomic mass is 10.0. The molecule has 0 bridgehead atoms. The summed E-state index contributed by atoms with van der Waals surface area (Å²) in [5, 5.41) is 6.38. The van der Waals surface area contributed by atoms with Gasteiger partial charge >= 0.3 is 0 Å². The van der Waals surface area contributed by atoms with Crippen LogP contribution < -0.4 is 14.2 Å². The number of nitrogens with zero attached hydrogens (tertiary/aromatic N) is 1. The Morgan fingerprint density at radius 3 is 2.39 bits per heavy atom. The largest absolute Gasteiger partial charge is 0.497 e. The Hall–Kier alpha value is -3.02. The molecular formula is C28H29NO3S. The Kier molecular flexibility index (Phi) is 6.79. The molecule has 5 rings (SSSR count). The number of ether oxygens (including phenoxy) is 3. The number of likely N-dealkylation sites (tertiary alicyclic amines) is 1. The molecule has 0 radical (unpaired) electrons. The molecule has 3 aromatic carbocycles.